The van der Waals surface area contributed by atoms with Crippen molar-refractivity contribution in [2.75, 3.05) is 6.54 Å². The summed E-state index contributed by atoms with van der Waals surface area (Å²) in [6.45, 7) is 0.893. The second-order valence-corrected chi connectivity index (χ2v) is 6.47. The van der Waals surface area contributed by atoms with Crippen LogP contribution in [0.4, 0.5) is 0 Å². The van der Waals surface area contributed by atoms with Crippen LogP contribution in [0.15, 0.2) is 24.3 Å². The van der Waals surface area contributed by atoms with Gasteiger partial charge in [-0.2, -0.15) is 0 Å². The molecule has 3 heteroatoms. The van der Waals surface area contributed by atoms with Gasteiger partial charge in [-0.1, -0.05) is 23.7 Å². The lowest BCUT2D eigenvalue weighted by Crippen LogP contribution is -2.41. The van der Waals surface area contributed by atoms with Crippen molar-refractivity contribution in [1.29, 1.82) is 0 Å². The molecular formula is C15H18ClNO. The van der Waals surface area contributed by atoms with Crippen molar-refractivity contribution in [3.8, 4) is 0 Å². The van der Waals surface area contributed by atoms with E-state index in [9.17, 15) is 5.11 Å². The fourth-order valence-corrected chi connectivity index (χ4v) is 4.69. The van der Waals surface area contributed by atoms with Crippen molar-refractivity contribution < 1.29 is 5.11 Å². The summed E-state index contributed by atoms with van der Waals surface area (Å²) < 4.78 is 0. The summed E-state index contributed by atoms with van der Waals surface area (Å²) >= 11 is 5.97. The predicted octanol–water partition coefficient (Wildman–Crippen LogP) is 2.65. The van der Waals surface area contributed by atoms with E-state index in [2.05, 4.69) is 17.0 Å². The maximum absolute atomic E-state index is 10.3. The van der Waals surface area contributed by atoms with Crippen LogP contribution < -0.4 is 0 Å². The number of piperidine rings is 1. The molecule has 0 saturated carbocycles. The van der Waals surface area contributed by atoms with Gasteiger partial charge in [-0.15, -0.1) is 0 Å². The number of nitrogens with zero attached hydrogens (tertiary/aromatic N) is 1. The van der Waals surface area contributed by atoms with E-state index in [-0.39, 0.29) is 6.10 Å². The first-order valence-corrected chi connectivity index (χ1v) is 7.31. The van der Waals surface area contributed by atoms with Gasteiger partial charge in [0.15, 0.2) is 0 Å². The predicted molar refractivity (Wildman–Crippen MR) is 71.8 cm³/mol. The fourth-order valence-electron chi connectivity index (χ4n) is 4.57. The van der Waals surface area contributed by atoms with Crippen LogP contribution in [0.25, 0.3) is 0 Å². The molecule has 0 spiro atoms. The Balaban J connectivity index is 1.71. The minimum absolute atomic E-state index is 0.138. The average molecular weight is 264 g/mol. The Labute approximate surface area is 113 Å². The summed E-state index contributed by atoms with van der Waals surface area (Å²) in [5.74, 6) is 0.957. The summed E-state index contributed by atoms with van der Waals surface area (Å²) in [7, 11) is 0. The van der Waals surface area contributed by atoms with E-state index in [0.717, 1.165) is 11.6 Å². The van der Waals surface area contributed by atoms with Crippen LogP contribution >= 0.6 is 11.6 Å². The van der Waals surface area contributed by atoms with Crippen LogP contribution in [0.5, 0.6) is 0 Å². The number of hydrogen-bond donors (Lipinski definition) is 1. The molecular weight excluding hydrogens is 246 g/mol. The fraction of sp³-hybridized carbons (Fsp3) is 0.600. The van der Waals surface area contributed by atoms with Crippen molar-refractivity contribution in [1.82, 2.24) is 4.90 Å². The third-order valence-corrected chi connectivity index (χ3v) is 5.52. The minimum Gasteiger partial charge on any atom is -0.391 e. The lowest BCUT2D eigenvalue weighted by atomic mass is 9.77. The molecule has 1 N–H and O–H groups in total. The number of hydrogen-bond acceptors (Lipinski definition) is 2. The van der Waals surface area contributed by atoms with Crippen LogP contribution in [0.2, 0.25) is 5.02 Å². The molecule has 3 aliphatic heterocycles. The molecule has 6 atom stereocenters. The van der Waals surface area contributed by atoms with E-state index in [1.165, 1.54) is 24.8 Å². The molecule has 3 saturated heterocycles. The topological polar surface area (TPSA) is 23.5 Å². The molecule has 0 aliphatic carbocycles. The lowest BCUT2D eigenvalue weighted by molar-refractivity contribution is 0.113. The second-order valence-electron chi connectivity index (χ2n) is 6.03. The molecule has 4 bridgehead atoms. The van der Waals surface area contributed by atoms with E-state index in [0.29, 0.717) is 23.9 Å². The van der Waals surface area contributed by atoms with E-state index in [4.69, 9.17) is 11.6 Å². The molecule has 1 aromatic carbocycles. The van der Waals surface area contributed by atoms with Crippen molar-refractivity contribution >= 4 is 11.6 Å². The Morgan fingerprint density at radius 3 is 2.72 bits per heavy atom. The Hall–Kier alpha value is -0.570. The standard InChI is InChI=1S/C15H18ClNO/c16-10-3-1-9(2-4-10)12-7-11-5-6-13-15(12)14(18)8-17(11)13/h1-4,11-15,18H,5-8H2/t11-,12-,13+,14?,15-/m0/s1. The van der Waals surface area contributed by atoms with Crippen LogP contribution in [0, 0.1) is 5.92 Å². The highest BCUT2D eigenvalue weighted by Crippen LogP contribution is 2.52. The summed E-state index contributed by atoms with van der Waals surface area (Å²) in [5.41, 5.74) is 1.36. The highest BCUT2D eigenvalue weighted by atomic mass is 35.5. The molecule has 4 rings (SSSR count). The van der Waals surface area contributed by atoms with Crippen LogP contribution in [0.3, 0.4) is 0 Å². The molecule has 2 unspecified atom stereocenters. The number of halogens is 1. The van der Waals surface area contributed by atoms with Crippen LogP contribution in [0.1, 0.15) is 30.7 Å². The normalized spacial score (nSPS) is 45.4. The van der Waals surface area contributed by atoms with Gasteiger partial charge in [0.2, 0.25) is 0 Å². The van der Waals surface area contributed by atoms with Gasteiger partial charge in [0.25, 0.3) is 0 Å². The van der Waals surface area contributed by atoms with Gasteiger partial charge in [-0.3, -0.25) is 4.90 Å². The summed E-state index contributed by atoms with van der Waals surface area (Å²) in [6.07, 6.45) is 3.66. The maximum atomic E-state index is 10.3. The Morgan fingerprint density at radius 1 is 1.17 bits per heavy atom. The Kier molecular flexibility index (Phi) is 2.48. The summed E-state index contributed by atoms with van der Waals surface area (Å²) in [5, 5.41) is 11.1. The first-order chi connectivity index (χ1) is 8.74. The molecule has 18 heavy (non-hydrogen) atoms. The van der Waals surface area contributed by atoms with Gasteiger partial charge in [-0.05, 0) is 42.9 Å². The number of rotatable bonds is 1. The van der Waals surface area contributed by atoms with E-state index >= 15 is 0 Å². The van der Waals surface area contributed by atoms with Crippen molar-refractivity contribution in [2.24, 2.45) is 5.92 Å². The molecule has 1 aromatic rings. The first kappa shape index (κ1) is 11.3. The first-order valence-electron chi connectivity index (χ1n) is 6.93. The van der Waals surface area contributed by atoms with Gasteiger partial charge >= 0.3 is 0 Å². The summed E-state index contributed by atoms with van der Waals surface area (Å²) in [6, 6.07) is 9.57. The third kappa shape index (κ3) is 1.49. The Bertz CT molecular complexity index is 460. The van der Waals surface area contributed by atoms with Gasteiger partial charge in [0, 0.05) is 29.6 Å². The number of aliphatic hydroxyl groups is 1. The van der Waals surface area contributed by atoms with Gasteiger partial charge in [0.1, 0.15) is 0 Å². The third-order valence-electron chi connectivity index (χ3n) is 5.27. The van der Waals surface area contributed by atoms with E-state index in [1.54, 1.807) is 0 Å². The zero-order chi connectivity index (χ0) is 12.3. The van der Waals surface area contributed by atoms with Crippen LogP contribution in [-0.4, -0.2) is 34.7 Å². The highest BCUT2D eigenvalue weighted by Gasteiger charge is 2.55. The minimum atomic E-state index is -0.138. The molecule has 0 radical (unpaired) electrons. The van der Waals surface area contributed by atoms with E-state index < -0.39 is 0 Å². The van der Waals surface area contributed by atoms with Crippen molar-refractivity contribution in [2.45, 2.75) is 43.4 Å². The molecule has 3 fully saturated rings. The van der Waals surface area contributed by atoms with Gasteiger partial charge < -0.3 is 5.11 Å². The van der Waals surface area contributed by atoms with Crippen molar-refractivity contribution in [3.05, 3.63) is 34.9 Å². The molecule has 2 nitrogen and oxygen atoms in total. The molecule has 0 amide bonds. The average Bonchev–Trinajstić information content (AvgIpc) is 2.76. The summed E-state index contributed by atoms with van der Waals surface area (Å²) in [4.78, 5) is 2.56. The van der Waals surface area contributed by atoms with Gasteiger partial charge in [-0.25, -0.2) is 0 Å². The number of benzene rings is 1. The molecule has 96 valence electrons. The monoisotopic (exact) mass is 263 g/mol. The smallest absolute Gasteiger partial charge is 0.0716 e. The molecule has 3 aliphatic rings. The van der Waals surface area contributed by atoms with Gasteiger partial charge in [0.05, 0.1) is 6.10 Å². The SMILES string of the molecule is OC1CN2[C@H]3CC[C@@H]2[C@@H]1[C@H](c1ccc(Cl)cc1)C3. The zero-order valence-corrected chi connectivity index (χ0v) is 11.1. The molecule has 3 heterocycles. The highest BCUT2D eigenvalue weighted by molar-refractivity contribution is 6.30. The maximum Gasteiger partial charge on any atom is 0.0716 e. The quantitative estimate of drug-likeness (QED) is 0.842. The van der Waals surface area contributed by atoms with Crippen molar-refractivity contribution in [3.63, 3.8) is 0 Å². The van der Waals surface area contributed by atoms with Crippen LogP contribution in [-0.2, 0) is 0 Å². The van der Waals surface area contributed by atoms with E-state index in [1.807, 2.05) is 12.1 Å². The largest absolute Gasteiger partial charge is 0.391 e. The second kappa shape index (κ2) is 3.96. The molecule has 0 aromatic heterocycles. The lowest BCUT2D eigenvalue weighted by Gasteiger charge is -2.37. The Morgan fingerprint density at radius 2 is 1.94 bits per heavy atom. The zero-order valence-electron chi connectivity index (χ0n) is 10.3. The number of aliphatic hydroxyl groups excluding tert-OH is 1.